The quantitative estimate of drug-likeness (QED) is 0.705. The minimum absolute atomic E-state index is 0. The molecule has 0 bridgehead atoms. The van der Waals surface area contributed by atoms with Crippen LogP contribution < -0.4 is 16.4 Å². The molecule has 2 aromatic rings. The van der Waals surface area contributed by atoms with Crippen molar-refractivity contribution in [3.05, 3.63) is 54.2 Å². The fourth-order valence-electron chi connectivity index (χ4n) is 2.29. The lowest BCUT2D eigenvalue weighted by molar-refractivity contribution is -0.126. The van der Waals surface area contributed by atoms with Crippen molar-refractivity contribution in [1.29, 1.82) is 0 Å². The van der Waals surface area contributed by atoms with Crippen LogP contribution in [0.25, 0.3) is 0 Å². The molecular formula is C18H23ClN4O2. The maximum atomic E-state index is 12.4. The van der Waals surface area contributed by atoms with Crippen LogP contribution in [-0.2, 0) is 16.0 Å². The van der Waals surface area contributed by atoms with E-state index in [-0.39, 0.29) is 30.6 Å². The second-order valence-corrected chi connectivity index (χ2v) is 5.53. The molecule has 0 fully saturated rings. The lowest BCUT2D eigenvalue weighted by Crippen LogP contribution is -2.44. The molecule has 0 spiro atoms. The number of benzene rings is 1. The van der Waals surface area contributed by atoms with E-state index < -0.39 is 6.04 Å². The topological polar surface area (TPSA) is 97.1 Å². The molecule has 7 heteroatoms. The molecule has 25 heavy (non-hydrogen) atoms. The molecule has 0 aliphatic heterocycles. The summed E-state index contributed by atoms with van der Waals surface area (Å²) in [6, 6.07) is 12.1. The van der Waals surface area contributed by atoms with Crippen LogP contribution >= 0.6 is 12.4 Å². The Balaban J connectivity index is 0.00000312. The number of hydrogen-bond donors (Lipinski definition) is 3. The van der Waals surface area contributed by atoms with Gasteiger partial charge in [-0.1, -0.05) is 43.7 Å². The van der Waals surface area contributed by atoms with Crippen LogP contribution in [-0.4, -0.2) is 22.8 Å². The van der Waals surface area contributed by atoms with Gasteiger partial charge in [0.1, 0.15) is 11.9 Å². The number of amides is 2. The normalized spacial score (nSPS) is 11.1. The minimum Gasteiger partial charge on any atom is -0.384 e. The van der Waals surface area contributed by atoms with Crippen LogP contribution in [0.15, 0.2) is 48.7 Å². The van der Waals surface area contributed by atoms with Gasteiger partial charge in [-0.3, -0.25) is 9.59 Å². The molecule has 0 radical (unpaired) electrons. The van der Waals surface area contributed by atoms with E-state index in [2.05, 4.69) is 15.6 Å². The van der Waals surface area contributed by atoms with Gasteiger partial charge < -0.3 is 16.4 Å². The molecule has 1 unspecified atom stereocenters. The lowest BCUT2D eigenvalue weighted by Gasteiger charge is -2.18. The van der Waals surface area contributed by atoms with Gasteiger partial charge in [-0.25, -0.2) is 4.98 Å². The predicted octanol–water partition coefficient (Wildman–Crippen LogP) is 2.55. The molecule has 2 rings (SSSR count). The summed E-state index contributed by atoms with van der Waals surface area (Å²) in [4.78, 5) is 28.5. The average molecular weight is 363 g/mol. The van der Waals surface area contributed by atoms with Crippen molar-refractivity contribution < 1.29 is 9.59 Å². The van der Waals surface area contributed by atoms with Crippen molar-refractivity contribution in [2.75, 3.05) is 11.1 Å². The largest absolute Gasteiger partial charge is 0.384 e. The van der Waals surface area contributed by atoms with Crippen molar-refractivity contribution in [2.45, 2.75) is 32.2 Å². The number of rotatable bonds is 7. The number of aromatic nitrogens is 1. The van der Waals surface area contributed by atoms with E-state index in [1.165, 1.54) is 6.20 Å². The number of nitrogens with one attached hydrogen (secondary N) is 2. The van der Waals surface area contributed by atoms with Crippen LogP contribution in [0.2, 0.25) is 0 Å². The number of nitrogens with zero attached hydrogens (tertiary/aromatic N) is 1. The number of halogens is 1. The van der Waals surface area contributed by atoms with Gasteiger partial charge in [-0.15, -0.1) is 12.4 Å². The van der Waals surface area contributed by atoms with E-state index in [4.69, 9.17) is 5.73 Å². The Bertz CT molecular complexity index is 677. The molecular weight excluding hydrogens is 340 g/mol. The van der Waals surface area contributed by atoms with Crippen molar-refractivity contribution in [3.63, 3.8) is 0 Å². The monoisotopic (exact) mass is 362 g/mol. The maximum absolute atomic E-state index is 12.4. The number of carbonyl (C=O) groups is 2. The second kappa shape index (κ2) is 10.3. The van der Waals surface area contributed by atoms with Gasteiger partial charge in [-0.05, 0) is 24.1 Å². The highest BCUT2D eigenvalue weighted by molar-refractivity contribution is 5.97. The number of carbonyl (C=O) groups excluding carboxylic acids is 2. The third kappa shape index (κ3) is 6.81. The summed E-state index contributed by atoms with van der Waals surface area (Å²) in [7, 11) is 0. The summed E-state index contributed by atoms with van der Waals surface area (Å²) in [6.45, 7) is 1.97. The van der Waals surface area contributed by atoms with Crippen LogP contribution in [0.5, 0.6) is 0 Å². The summed E-state index contributed by atoms with van der Waals surface area (Å²) < 4.78 is 0. The SMILES string of the molecule is CCCC(NC(=O)Cc1ccccc1)C(=O)Nc1ccc(N)nc1.Cl. The first-order valence-electron chi connectivity index (χ1n) is 7.94. The highest BCUT2D eigenvalue weighted by Gasteiger charge is 2.20. The molecule has 1 aromatic heterocycles. The van der Waals surface area contributed by atoms with E-state index in [0.717, 1.165) is 12.0 Å². The molecule has 1 atom stereocenters. The molecule has 0 aliphatic rings. The molecule has 0 saturated carbocycles. The van der Waals surface area contributed by atoms with Crippen molar-refractivity contribution in [3.8, 4) is 0 Å². The van der Waals surface area contributed by atoms with Crippen LogP contribution in [0, 0.1) is 0 Å². The van der Waals surface area contributed by atoms with Crippen molar-refractivity contribution >= 4 is 35.7 Å². The molecule has 1 aromatic carbocycles. The Hall–Kier alpha value is -2.60. The van der Waals surface area contributed by atoms with Gasteiger partial charge in [0, 0.05) is 0 Å². The first kappa shape index (κ1) is 20.4. The minimum atomic E-state index is -0.580. The van der Waals surface area contributed by atoms with Gasteiger partial charge in [-0.2, -0.15) is 0 Å². The summed E-state index contributed by atoms with van der Waals surface area (Å²) in [5, 5.41) is 5.55. The second-order valence-electron chi connectivity index (χ2n) is 5.53. The molecule has 2 amide bonds. The first-order chi connectivity index (χ1) is 11.6. The number of nitrogens with two attached hydrogens (primary N) is 1. The Kier molecular flexibility index (Phi) is 8.43. The fourth-order valence-corrected chi connectivity index (χ4v) is 2.29. The van der Waals surface area contributed by atoms with Gasteiger partial charge in [0.05, 0.1) is 18.3 Å². The molecule has 1 heterocycles. The molecule has 6 nitrogen and oxygen atoms in total. The molecule has 0 aliphatic carbocycles. The van der Waals surface area contributed by atoms with E-state index in [1.54, 1.807) is 12.1 Å². The van der Waals surface area contributed by atoms with E-state index in [1.807, 2.05) is 37.3 Å². The zero-order valence-corrected chi connectivity index (χ0v) is 14.9. The third-order valence-electron chi connectivity index (χ3n) is 3.49. The van der Waals surface area contributed by atoms with Crippen LogP contribution in [0.3, 0.4) is 0 Å². The number of hydrogen-bond acceptors (Lipinski definition) is 4. The number of anilines is 2. The lowest BCUT2D eigenvalue weighted by atomic mass is 10.1. The smallest absolute Gasteiger partial charge is 0.246 e. The zero-order chi connectivity index (χ0) is 17.4. The number of nitrogen functional groups attached to an aromatic ring is 1. The summed E-state index contributed by atoms with van der Waals surface area (Å²) in [6.07, 6.45) is 3.08. The highest BCUT2D eigenvalue weighted by atomic mass is 35.5. The third-order valence-corrected chi connectivity index (χ3v) is 3.49. The standard InChI is InChI=1S/C18H22N4O2.ClH/c1-2-6-15(18(24)21-14-9-10-16(19)20-12-14)22-17(23)11-13-7-4-3-5-8-13;/h3-5,7-10,12,15H,2,6,11H2,1H3,(H2,19,20)(H,21,24)(H,22,23);1H. The molecule has 134 valence electrons. The van der Waals surface area contributed by atoms with Gasteiger partial charge in [0.15, 0.2) is 0 Å². The molecule has 4 N–H and O–H groups in total. The van der Waals surface area contributed by atoms with Crippen molar-refractivity contribution in [2.24, 2.45) is 0 Å². The predicted molar refractivity (Wildman–Crippen MR) is 102 cm³/mol. The Labute approximate surface area is 153 Å². The van der Waals surface area contributed by atoms with Crippen LogP contribution in [0.1, 0.15) is 25.3 Å². The Morgan fingerprint density at radius 2 is 1.88 bits per heavy atom. The summed E-state index contributed by atoms with van der Waals surface area (Å²) in [5.41, 5.74) is 6.98. The van der Waals surface area contributed by atoms with Crippen LogP contribution in [0.4, 0.5) is 11.5 Å². The van der Waals surface area contributed by atoms with E-state index in [0.29, 0.717) is 17.9 Å². The number of pyridine rings is 1. The highest BCUT2D eigenvalue weighted by Crippen LogP contribution is 2.09. The van der Waals surface area contributed by atoms with Gasteiger partial charge >= 0.3 is 0 Å². The zero-order valence-electron chi connectivity index (χ0n) is 14.1. The summed E-state index contributed by atoms with van der Waals surface area (Å²) in [5.74, 6) is -0.0515. The van der Waals surface area contributed by atoms with Crippen molar-refractivity contribution in [1.82, 2.24) is 10.3 Å². The Morgan fingerprint density at radius 3 is 2.48 bits per heavy atom. The molecule has 0 saturated heterocycles. The van der Waals surface area contributed by atoms with Gasteiger partial charge in [0.2, 0.25) is 11.8 Å². The Morgan fingerprint density at radius 1 is 1.16 bits per heavy atom. The van der Waals surface area contributed by atoms with E-state index in [9.17, 15) is 9.59 Å². The fraction of sp³-hybridized carbons (Fsp3) is 0.278. The van der Waals surface area contributed by atoms with E-state index >= 15 is 0 Å². The maximum Gasteiger partial charge on any atom is 0.246 e. The summed E-state index contributed by atoms with van der Waals surface area (Å²) >= 11 is 0. The average Bonchev–Trinajstić information content (AvgIpc) is 2.57. The van der Waals surface area contributed by atoms with Gasteiger partial charge in [0.25, 0.3) is 0 Å². The first-order valence-corrected chi connectivity index (χ1v) is 7.94.